The van der Waals surface area contributed by atoms with Gasteiger partial charge in [0.25, 0.3) is 5.91 Å². The van der Waals surface area contributed by atoms with Gasteiger partial charge in [-0.25, -0.2) is 4.98 Å². The summed E-state index contributed by atoms with van der Waals surface area (Å²) in [4.78, 5) is 37.4. The lowest BCUT2D eigenvalue weighted by Gasteiger charge is -2.30. The van der Waals surface area contributed by atoms with Crippen LogP contribution in [0.2, 0.25) is 10.0 Å². The number of nitrogens with zero attached hydrogens (tertiary/aromatic N) is 3. The number of para-hydroxylation sites is 1. The second kappa shape index (κ2) is 13.1. The highest BCUT2D eigenvalue weighted by molar-refractivity contribution is 6.38. The Morgan fingerprint density at radius 1 is 0.905 bits per heavy atom. The summed E-state index contributed by atoms with van der Waals surface area (Å²) in [6, 6.07) is 20.2. The molecule has 0 aliphatic heterocycles. The Morgan fingerprint density at radius 2 is 1.60 bits per heavy atom. The van der Waals surface area contributed by atoms with Crippen LogP contribution in [0, 0.1) is 11.8 Å². The van der Waals surface area contributed by atoms with Crippen LogP contribution in [-0.4, -0.2) is 48.0 Å². The number of nitrogens with one attached hydrogen (secondary N) is 3. The Morgan fingerprint density at radius 3 is 2.33 bits per heavy atom. The topological polar surface area (TPSA) is 99.3 Å². The number of rotatable bonds is 6. The maximum atomic E-state index is 13.3. The Labute approximate surface area is 254 Å². The van der Waals surface area contributed by atoms with Gasteiger partial charge in [0.1, 0.15) is 5.82 Å². The highest BCUT2D eigenvalue weighted by atomic mass is 35.5. The zero-order valence-corrected chi connectivity index (χ0v) is 24.8. The molecule has 1 aliphatic carbocycles. The van der Waals surface area contributed by atoms with E-state index in [1.807, 2.05) is 61.5 Å². The molecule has 1 heterocycles. The third kappa shape index (κ3) is 7.11. The van der Waals surface area contributed by atoms with Crippen molar-refractivity contribution in [2.75, 3.05) is 29.6 Å². The molecule has 4 aromatic rings. The van der Waals surface area contributed by atoms with Crippen molar-refractivity contribution >= 4 is 63.4 Å². The average molecular weight is 602 g/mol. The molecule has 0 spiro atoms. The van der Waals surface area contributed by atoms with Gasteiger partial charge in [-0.3, -0.25) is 9.59 Å². The standard InChI is InChI=1S/C32H30Cl2N6O2/c1-40(2)30-24-10-6-7-11-27(24)37-32(39-30)36-23-15-13-22(14-16-23)35-31(42)25-18-21(33)19-26(34)29(25)38-28(41)17-12-20-8-4-3-5-9-20/h3-11,18-19,22-23H,13-16H2,1-2H3,(H,35,42)(H,38,41)(H,36,37,39)/t22-,23+. The normalized spacial score (nSPS) is 16.2. The zero-order chi connectivity index (χ0) is 29.6. The predicted molar refractivity (Wildman–Crippen MR) is 169 cm³/mol. The van der Waals surface area contributed by atoms with E-state index in [0.29, 0.717) is 16.5 Å². The maximum Gasteiger partial charge on any atom is 0.300 e. The fourth-order valence-electron chi connectivity index (χ4n) is 4.97. The Hall–Kier alpha value is -4.32. The number of hydrogen-bond acceptors (Lipinski definition) is 6. The predicted octanol–water partition coefficient (Wildman–Crippen LogP) is 6.15. The van der Waals surface area contributed by atoms with Crippen LogP contribution in [-0.2, 0) is 4.79 Å². The molecular formula is C32H30Cl2N6O2. The maximum absolute atomic E-state index is 13.3. The molecule has 3 aromatic carbocycles. The third-order valence-electron chi connectivity index (χ3n) is 7.03. The van der Waals surface area contributed by atoms with E-state index in [9.17, 15) is 9.59 Å². The summed E-state index contributed by atoms with van der Waals surface area (Å²) in [5.41, 5.74) is 1.94. The number of hydrogen-bond donors (Lipinski definition) is 3. The van der Waals surface area contributed by atoms with Gasteiger partial charge in [-0.1, -0.05) is 59.5 Å². The Kier molecular flexibility index (Phi) is 9.11. The Balaban J connectivity index is 1.22. The molecule has 2 amide bonds. The van der Waals surface area contributed by atoms with Gasteiger partial charge < -0.3 is 20.9 Å². The second-order valence-electron chi connectivity index (χ2n) is 10.3. The lowest BCUT2D eigenvalue weighted by Crippen LogP contribution is -2.40. The van der Waals surface area contributed by atoms with E-state index in [0.717, 1.165) is 42.4 Å². The summed E-state index contributed by atoms with van der Waals surface area (Å²) < 4.78 is 0. The van der Waals surface area contributed by atoms with E-state index >= 15 is 0 Å². The number of carbonyl (C=O) groups excluding carboxylic acids is 2. The van der Waals surface area contributed by atoms with E-state index in [2.05, 4.69) is 27.8 Å². The van der Waals surface area contributed by atoms with Crippen LogP contribution >= 0.6 is 23.2 Å². The molecule has 0 radical (unpaired) electrons. The number of aromatic nitrogens is 2. The van der Waals surface area contributed by atoms with E-state index in [4.69, 9.17) is 33.2 Å². The molecule has 0 saturated heterocycles. The van der Waals surface area contributed by atoms with Gasteiger partial charge in [0.05, 0.1) is 21.8 Å². The van der Waals surface area contributed by atoms with Crippen LogP contribution in [0.1, 0.15) is 41.6 Å². The lowest BCUT2D eigenvalue weighted by atomic mass is 9.91. The first-order chi connectivity index (χ1) is 20.3. The first kappa shape index (κ1) is 29.2. The highest BCUT2D eigenvalue weighted by Gasteiger charge is 2.25. The minimum absolute atomic E-state index is 0.0513. The first-order valence-corrected chi connectivity index (χ1v) is 14.4. The number of anilines is 3. The molecule has 8 nitrogen and oxygen atoms in total. The van der Waals surface area contributed by atoms with Crippen molar-refractivity contribution in [3.05, 3.63) is 87.9 Å². The van der Waals surface area contributed by atoms with Crippen LogP contribution in [0.4, 0.5) is 17.5 Å². The van der Waals surface area contributed by atoms with E-state index in [1.54, 1.807) is 12.1 Å². The quantitative estimate of drug-likeness (QED) is 0.230. The molecule has 0 atom stereocenters. The summed E-state index contributed by atoms with van der Waals surface area (Å²) in [6.45, 7) is 0. The van der Waals surface area contributed by atoms with E-state index in [1.165, 1.54) is 12.1 Å². The van der Waals surface area contributed by atoms with Gasteiger partial charge in [0, 0.05) is 48.1 Å². The van der Waals surface area contributed by atoms with Gasteiger partial charge in [-0.15, -0.1) is 0 Å². The van der Waals surface area contributed by atoms with Crippen LogP contribution in [0.25, 0.3) is 10.9 Å². The van der Waals surface area contributed by atoms with Gasteiger partial charge in [-0.2, -0.15) is 4.98 Å². The van der Waals surface area contributed by atoms with Crippen molar-refractivity contribution in [3.63, 3.8) is 0 Å². The third-order valence-corrected chi connectivity index (χ3v) is 7.55. The summed E-state index contributed by atoms with van der Waals surface area (Å²) in [5, 5.41) is 10.7. The number of carbonyl (C=O) groups is 2. The first-order valence-electron chi connectivity index (χ1n) is 13.7. The average Bonchev–Trinajstić information content (AvgIpc) is 2.98. The molecule has 1 aliphatic rings. The summed E-state index contributed by atoms with van der Waals surface area (Å²) in [7, 11) is 3.93. The number of benzene rings is 3. The van der Waals surface area contributed by atoms with Crippen LogP contribution in [0.15, 0.2) is 66.7 Å². The van der Waals surface area contributed by atoms with Crippen LogP contribution in [0.3, 0.4) is 0 Å². The highest BCUT2D eigenvalue weighted by Crippen LogP contribution is 2.31. The number of amides is 2. The van der Waals surface area contributed by atoms with Gasteiger partial charge >= 0.3 is 5.91 Å². The molecule has 1 fully saturated rings. The summed E-state index contributed by atoms with van der Waals surface area (Å²) in [6.07, 6.45) is 3.17. The van der Waals surface area contributed by atoms with Gasteiger partial charge in [-0.05, 0) is 62.1 Å². The number of fused-ring (bicyclic) bond motifs is 1. The molecule has 1 saturated carbocycles. The fraction of sp³-hybridized carbons (Fsp3) is 0.250. The smallest absolute Gasteiger partial charge is 0.300 e. The monoisotopic (exact) mass is 600 g/mol. The van der Waals surface area contributed by atoms with Crippen LogP contribution in [0.5, 0.6) is 0 Å². The second-order valence-corrected chi connectivity index (χ2v) is 11.2. The van der Waals surface area contributed by atoms with Crippen molar-refractivity contribution in [2.45, 2.75) is 37.8 Å². The summed E-state index contributed by atoms with van der Waals surface area (Å²) in [5.74, 6) is 5.84. The molecule has 5 rings (SSSR count). The fourth-order valence-corrected chi connectivity index (χ4v) is 5.51. The van der Waals surface area contributed by atoms with Crippen molar-refractivity contribution in [2.24, 2.45) is 0 Å². The molecule has 214 valence electrons. The lowest BCUT2D eigenvalue weighted by molar-refractivity contribution is -0.111. The largest absolute Gasteiger partial charge is 0.362 e. The van der Waals surface area contributed by atoms with Gasteiger partial charge in [0.15, 0.2) is 0 Å². The minimum atomic E-state index is -0.586. The molecule has 0 unspecified atom stereocenters. The van der Waals surface area contributed by atoms with Crippen molar-refractivity contribution in [3.8, 4) is 11.8 Å². The zero-order valence-electron chi connectivity index (χ0n) is 23.2. The van der Waals surface area contributed by atoms with E-state index in [-0.39, 0.29) is 34.3 Å². The molecular weight excluding hydrogens is 571 g/mol. The minimum Gasteiger partial charge on any atom is -0.362 e. The van der Waals surface area contributed by atoms with Crippen molar-refractivity contribution in [1.29, 1.82) is 0 Å². The van der Waals surface area contributed by atoms with Crippen LogP contribution < -0.4 is 20.9 Å². The molecule has 1 aromatic heterocycles. The molecule has 10 heteroatoms. The summed E-state index contributed by atoms with van der Waals surface area (Å²) >= 11 is 12.6. The molecule has 42 heavy (non-hydrogen) atoms. The van der Waals surface area contributed by atoms with E-state index < -0.39 is 5.91 Å². The SMILES string of the molecule is CN(C)c1nc(N[C@H]2CC[C@@H](NC(=O)c3cc(Cl)cc(Cl)c3NC(=O)C#Cc3ccccc3)CC2)nc2ccccc12. The molecule has 0 bridgehead atoms. The number of halogens is 2. The Bertz CT molecular complexity index is 1680. The van der Waals surface area contributed by atoms with Crippen molar-refractivity contribution in [1.82, 2.24) is 15.3 Å². The molecule has 3 N–H and O–H groups in total. The van der Waals surface area contributed by atoms with Gasteiger partial charge in [0.2, 0.25) is 5.95 Å². The van der Waals surface area contributed by atoms with Crippen molar-refractivity contribution < 1.29 is 9.59 Å².